The largest absolute Gasteiger partial charge is 0.395 e. The summed E-state index contributed by atoms with van der Waals surface area (Å²) in [5.41, 5.74) is 0. The van der Waals surface area contributed by atoms with E-state index in [2.05, 4.69) is 5.32 Å². The third-order valence-corrected chi connectivity index (χ3v) is 3.42. The van der Waals surface area contributed by atoms with Crippen LogP contribution in [-0.2, 0) is 0 Å². The average Bonchev–Trinajstić information content (AvgIpc) is 2.37. The van der Waals surface area contributed by atoms with Crippen molar-refractivity contribution in [3.8, 4) is 0 Å². The standard InChI is InChI=1S/C10H19NO/c12-7-9-6-8-4-2-1-3-5-10(8)11-9/h8-12H,1-7H2/t8-,9+,10+/m0/s1. The van der Waals surface area contributed by atoms with Gasteiger partial charge >= 0.3 is 0 Å². The van der Waals surface area contributed by atoms with Crippen LogP contribution in [0.4, 0.5) is 0 Å². The Morgan fingerprint density at radius 3 is 2.83 bits per heavy atom. The molecule has 1 saturated carbocycles. The molecule has 1 heterocycles. The Balaban J connectivity index is 1.92. The molecule has 2 rings (SSSR count). The van der Waals surface area contributed by atoms with Gasteiger partial charge in [-0.25, -0.2) is 0 Å². The average molecular weight is 169 g/mol. The monoisotopic (exact) mass is 169 g/mol. The van der Waals surface area contributed by atoms with E-state index in [-0.39, 0.29) is 0 Å². The smallest absolute Gasteiger partial charge is 0.0584 e. The molecule has 1 saturated heterocycles. The van der Waals surface area contributed by atoms with Gasteiger partial charge in [0.1, 0.15) is 0 Å². The summed E-state index contributed by atoms with van der Waals surface area (Å²) < 4.78 is 0. The Bertz CT molecular complexity index is 135. The fraction of sp³-hybridized carbons (Fsp3) is 1.00. The molecule has 2 fully saturated rings. The predicted molar refractivity (Wildman–Crippen MR) is 49.0 cm³/mol. The highest BCUT2D eigenvalue weighted by Gasteiger charge is 2.33. The second-order valence-corrected chi connectivity index (χ2v) is 4.29. The number of aliphatic hydroxyl groups excluding tert-OH is 1. The number of aliphatic hydroxyl groups is 1. The summed E-state index contributed by atoms with van der Waals surface area (Å²) in [6.45, 7) is 0.326. The van der Waals surface area contributed by atoms with E-state index in [1.54, 1.807) is 0 Å². The number of fused-ring (bicyclic) bond motifs is 1. The van der Waals surface area contributed by atoms with E-state index in [4.69, 9.17) is 5.11 Å². The summed E-state index contributed by atoms with van der Waals surface area (Å²) in [7, 11) is 0. The van der Waals surface area contributed by atoms with Crippen LogP contribution in [0.2, 0.25) is 0 Å². The lowest BCUT2D eigenvalue weighted by molar-refractivity contribution is 0.249. The maximum Gasteiger partial charge on any atom is 0.0584 e. The summed E-state index contributed by atoms with van der Waals surface area (Å²) in [5, 5.41) is 12.6. The quantitative estimate of drug-likeness (QED) is 0.620. The van der Waals surface area contributed by atoms with E-state index in [0.29, 0.717) is 12.6 Å². The predicted octanol–water partition coefficient (Wildman–Crippen LogP) is 1.29. The Labute approximate surface area is 74.4 Å². The molecule has 0 spiro atoms. The third-order valence-electron chi connectivity index (χ3n) is 3.42. The molecule has 70 valence electrons. The minimum Gasteiger partial charge on any atom is -0.395 e. The zero-order valence-electron chi connectivity index (χ0n) is 7.63. The SMILES string of the molecule is OC[C@H]1C[C@@H]2CCCCC[C@H]2N1. The van der Waals surface area contributed by atoms with Crippen LogP contribution >= 0.6 is 0 Å². The third kappa shape index (κ3) is 1.64. The van der Waals surface area contributed by atoms with E-state index in [0.717, 1.165) is 12.0 Å². The van der Waals surface area contributed by atoms with Crippen LogP contribution in [0.3, 0.4) is 0 Å². The molecule has 0 aromatic heterocycles. The molecule has 1 aliphatic carbocycles. The molecule has 2 N–H and O–H groups in total. The van der Waals surface area contributed by atoms with E-state index < -0.39 is 0 Å². The maximum absolute atomic E-state index is 9.02. The molecular formula is C10H19NO. The van der Waals surface area contributed by atoms with Crippen LogP contribution in [0.25, 0.3) is 0 Å². The van der Waals surface area contributed by atoms with Gasteiger partial charge in [-0.15, -0.1) is 0 Å². The van der Waals surface area contributed by atoms with Crippen molar-refractivity contribution in [1.29, 1.82) is 0 Å². The molecule has 2 aliphatic rings. The maximum atomic E-state index is 9.02. The number of nitrogens with one attached hydrogen (secondary N) is 1. The highest BCUT2D eigenvalue weighted by atomic mass is 16.3. The second kappa shape index (κ2) is 3.75. The first kappa shape index (κ1) is 8.52. The fourth-order valence-electron chi connectivity index (χ4n) is 2.75. The van der Waals surface area contributed by atoms with Crippen molar-refractivity contribution in [2.45, 2.75) is 50.6 Å². The van der Waals surface area contributed by atoms with E-state index in [1.165, 1.54) is 38.5 Å². The van der Waals surface area contributed by atoms with Gasteiger partial charge in [0.2, 0.25) is 0 Å². The van der Waals surface area contributed by atoms with Gasteiger partial charge in [0.25, 0.3) is 0 Å². The van der Waals surface area contributed by atoms with Gasteiger partial charge in [0.15, 0.2) is 0 Å². The van der Waals surface area contributed by atoms with Gasteiger partial charge in [-0.2, -0.15) is 0 Å². The van der Waals surface area contributed by atoms with Crippen molar-refractivity contribution >= 4 is 0 Å². The summed E-state index contributed by atoms with van der Waals surface area (Å²) in [5.74, 6) is 0.865. The molecule has 0 aromatic carbocycles. The first-order chi connectivity index (χ1) is 5.90. The normalized spacial score (nSPS) is 42.2. The van der Waals surface area contributed by atoms with E-state index in [1.807, 2.05) is 0 Å². The molecule has 12 heavy (non-hydrogen) atoms. The Morgan fingerprint density at radius 2 is 2.00 bits per heavy atom. The van der Waals surface area contributed by atoms with Gasteiger partial charge < -0.3 is 10.4 Å². The Kier molecular flexibility index (Phi) is 2.66. The Morgan fingerprint density at radius 1 is 1.17 bits per heavy atom. The van der Waals surface area contributed by atoms with Gasteiger partial charge in [0, 0.05) is 12.1 Å². The van der Waals surface area contributed by atoms with Gasteiger partial charge in [-0.1, -0.05) is 19.3 Å². The fourth-order valence-corrected chi connectivity index (χ4v) is 2.75. The molecule has 3 atom stereocenters. The molecule has 0 bridgehead atoms. The van der Waals surface area contributed by atoms with Crippen molar-refractivity contribution < 1.29 is 5.11 Å². The summed E-state index contributed by atoms with van der Waals surface area (Å²) in [6.07, 6.45) is 8.13. The zero-order valence-corrected chi connectivity index (χ0v) is 7.63. The molecule has 2 nitrogen and oxygen atoms in total. The minimum absolute atomic E-state index is 0.326. The molecule has 0 unspecified atom stereocenters. The number of hydrogen-bond acceptors (Lipinski definition) is 2. The summed E-state index contributed by atoms with van der Waals surface area (Å²) in [6, 6.07) is 1.13. The van der Waals surface area contributed by atoms with Crippen molar-refractivity contribution in [3.63, 3.8) is 0 Å². The molecule has 0 aromatic rings. The molecule has 0 radical (unpaired) electrons. The van der Waals surface area contributed by atoms with Crippen LogP contribution in [-0.4, -0.2) is 23.8 Å². The van der Waals surface area contributed by atoms with Crippen molar-refractivity contribution in [3.05, 3.63) is 0 Å². The highest BCUT2D eigenvalue weighted by molar-refractivity contribution is 4.91. The van der Waals surface area contributed by atoms with Gasteiger partial charge in [0.05, 0.1) is 6.61 Å². The first-order valence-electron chi connectivity index (χ1n) is 5.27. The minimum atomic E-state index is 0.326. The zero-order chi connectivity index (χ0) is 8.39. The molecule has 0 amide bonds. The topological polar surface area (TPSA) is 32.3 Å². The number of rotatable bonds is 1. The Hall–Kier alpha value is -0.0800. The lowest BCUT2D eigenvalue weighted by Crippen LogP contribution is -2.32. The van der Waals surface area contributed by atoms with Crippen molar-refractivity contribution in [2.24, 2.45) is 5.92 Å². The van der Waals surface area contributed by atoms with E-state index >= 15 is 0 Å². The summed E-state index contributed by atoms with van der Waals surface area (Å²) in [4.78, 5) is 0. The molecular weight excluding hydrogens is 150 g/mol. The van der Waals surface area contributed by atoms with Crippen LogP contribution in [0.15, 0.2) is 0 Å². The van der Waals surface area contributed by atoms with Crippen molar-refractivity contribution in [2.75, 3.05) is 6.61 Å². The number of hydrogen-bond donors (Lipinski definition) is 2. The van der Waals surface area contributed by atoms with Crippen molar-refractivity contribution in [1.82, 2.24) is 5.32 Å². The van der Waals surface area contributed by atoms with Crippen LogP contribution in [0, 0.1) is 5.92 Å². The molecule has 1 aliphatic heterocycles. The summed E-state index contributed by atoms with van der Waals surface area (Å²) >= 11 is 0. The second-order valence-electron chi connectivity index (χ2n) is 4.29. The first-order valence-corrected chi connectivity index (χ1v) is 5.27. The van der Waals surface area contributed by atoms with Gasteiger partial charge in [-0.3, -0.25) is 0 Å². The van der Waals surface area contributed by atoms with Crippen LogP contribution in [0.1, 0.15) is 38.5 Å². The van der Waals surface area contributed by atoms with E-state index in [9.17, 15) is 0 Å². The van der Waals surface area contributed by atoms with Crippen LogP contribution < -0.4 is 5.32 Å². The highest BCUT2D eigenvalue weighted by Crippen LogP contribution is 2.31. The lowest BCUT2D eigenvalue weighted by Gasteiger charge is -2.14. The van der Waals surface area contributed by atoms with Gasteiger partial charge in [-0.05, 0) is 25.2 Å². The lowest BCUT2D eigenvalue weighted by atomic mass is 9.95. The molecule has 2 heteroatoms. The van der Waals surface area contributed by atoms with Crippen LogP contribution in [0.5, 0.6) is 0 Å².